The third-order valence-electron chi connectivity index (χ3n) is 4.19. The lowest BCUT2D eigenvalue weighted by molar-refractivity contribution is 0.0983. The summed E-state index contributed by atoms with van der Waals surface area (Å²) >= 11 is 0. The van der Waals surface area contributed by atoms with E-state index in [4.69, 9.17) is 11.5 Å². The van der Waals surface area contributed by atoms with Crippen LogP contribution in [-0.2, 0) is 6.54 Å². The third-order valence-corrected chi connectivity index (χ3v) is 4.19. The minimum absolute atomic E-state index is 0.184. The van der Waals surface area contributed by atoms with Crippen LogP contribution in [0.25, 0.3) is 16.9 Å². The van der Waals surface area contributed by atoms with Crippen LogP contribution in [0, 0.1) is 0 Å². The van der Waals surface area contributed by atoms with Gasteiger partial charge >= 0.3 is 0 Å². The van der Waals surface area contributed by atoms with Gasteiger partial charge in [-0.1, -0.05) is 36.4 Å². The van der Waals surface area contributed by atoms with Crippen LogP contribution in [0.2, 0.25) is 0 Å². The molecule has 0 aliphatic heterocycles. The van der Waals surface area contributed by atoms with Gasteiger partial charge in [0.05, 0.1) is 17.3 Å². The number of nitrogens with zero attached hydrogens (tertiary/aromatic N) is 5. The fourth-order valence-corrected chi connectivity index (χ4v) is 2.83. The van der Waals surface area contributed by atoms with Gasteiger partial charge in [-0.05, 0) is 17.7 Å². The zero-order valence-electron chi connectivity index (χ0n) is 15.1. The Labute approximate surface area is 164 Å². The topological polar surface area (TPSA) is 154 Å². The maximum absolute atomic E-state index is 11.7. The zero-order chi connectivity index (χ0) is 20.4. The highest BCUT2D eigenvalue weighted by atomic mass is 16.1. The van der Waals surface area contributed by atoms with Crippen molar-refractivity contribution in [3.63, 3.8) is 0 Å². The molecule has 4 aromatic rings. The van der Waals surface area contributed by atoms with Crippen LogP contribution in [0.3, 0.4) is 0 Å². The second-order valence-electron chi connectivity index (χ2n) is 6.14. The highest BCUT2D eigenvalue weighted by molar-refractivity contribution is 5.93. The van der Waals surface area contributed by atoms with Gasteiger partial charge in [-0.2, -0.15) is 15.1 Å². The molecular weight excluding hydrogens is 372 g/mol. The summed E-state index contributed by atoms with van der Waals surface area (Å²) < 4.78 is 1.39. The van der Waals surface area contributed by atoms with Crippen molar-refractivity contribution in [3.8, 4) is 11.4 Å². The number of rotatable bonds is 6. The van der Waals surface area contributed by atoms with E-state index in [1.54, 1.807) is 18.2 Å². The highest BCUT2D eigenvalue weighted by Gasteiger charge is 2.17. The molecule has 3 heterocycles. The number of benzene rings is 1. The zero-order valence-corrected chi connectivity index (χ0v) is 15.1. The molecule has 3 aromatic heterocycles. The lowest BCUT2D eigenvalue weighted by Gasteiger charge is -2.08. The fraction of sp³-hybridized carbons (Fsp3) is 0.0526. The fourth-order valence-electron chi connectivity index (χ4n) is 2.83. The summed E-state index contributed by atoms with van der Waals surface area (Å²) in [5.41, 5.74) is 13.1. The number of carbonyl (C=O) groups excluding carboxylic acids is 2. The molecule has 0 aliphatic rings. The van der Waals surface area contributed by atoms with Crippen molar-refractivity contribution < 1.29 is 9.59 Å². The molecule has 0 unspecified atom stereocenters. The van der Waals surface area contributed by atoms with E-state index in [1.807, 2.05) is 30.3 Å². The SMILES string of the molecule is NC(=O)c1nc(NCc2ccccc2)nc(-c2cnn3c(C(N)=O)cccc23)n1. The molecule has 0 bridgehead atoms. The first-order valence-electron chi connectivity index (χ1n) is 8.63. The first kappa shape index (κ1) is 18.0. The van der Waals surface area contributed by atoms with E-state index in [2.05, 4.69) is 25.4 Å². The van der Waals surface area contributed by atoms with Crippen LogP contribution in [0.4, 0.5) is 5.95 Å². The maximum atomic E-state index is 11.7. The summed E-state index contributed by atoms with van der Waals surface area (Å²) in [4.78, 5) is 36.0. The number of anilines is 1. The van der Waals surface area contributed by atoms with E-state index in [-0.39, 0.29) is 23.3 Å². The van der Waals surface area contributed by atoms with Crippen molar-refractivity contribution in [2.24, 2.45) is 11.5 Å². The molecule has 0 radical (unpaired) electrons. The maximum Gasteiger partial charge on any atom is 0.286 e. The number of hydrogen-bond donors (Lipinski definition) is 3. The Morgan fingerprint density at radius 2 is 1.72 bits per heavy atom. The number of pyridine rings is 1. The van der Waals surface area contributed by atoms with Gasteiger partial charge in [0.25, 0.3) is 11.8 Å². The van der Waals surface area contributed by atoms with Gasteiger partial charge in [0, 0.05) is 6.54 Å². The molecule has 0 aliphatic carbocycles. The minimum atomic E-state index is -0.786. The number of fused-ring (bicyclic) bond motifs is 1. The van der Waals surface area contributed by atoms with E-state index in [1.165, 1.54) is 10.7 Å². The Bertz CT molecular complexity index is 1220. The Balaban J connectivity index is 1.76. The summed E-state index contributed by atoms with van der Waals surface area (Å²) in [7, 11) is 0. The Morgan fingerprint density at radius 1 is 0.931 bits per heavy atom. The predicted molar refractivity (Wildman–Crippen MR) is 105 cm³/mol. The second-order valence-corrected chi connectivity index (χ2v) is 6.14. The molecule has 29 heavy (non-hydrogen) atoms. The number of amides is 2. The van der Waals surface area contributed by atoms with Crippen LogP contribution >= 0.6 is 0 Å². The molecule has 0 fully saturated rings. The number of primary amides is 2. The first-order valence-corrected chi connectivity index (χ1v) is 8.63. The largest absolute Gasteiger partial charge is 0.364 e. The predicted octanol–water partition coefficient (Wildman–Crippen LogP) is 0.996. The number of carbonyl (C=O) groups is 2. The van der Waals surface area contributed by atoms with Crippen LogP contribution in [-0.4, -0.2) is 36.4 Å². The molecule has 2 amide bonds. The van der Waals surface area contributed by atoms with E-state index in [0.717, 1.165) is 5.56 Å². The second kappa shape index (κ2) is 7.35. The van der Waals surface area contributed by atoms with Gasteiger partial charge in [0.15, 0.2) is 5.82 Å². The van der Waals surface area contributed by atoms with Crippen molar-refractivity contribution in [1.29, 1.82) is 0 Å². The molecule has 4 rings (SSSR count). The smallest absolute Gasteiger partial charge is 0.286 e. The van der Waals surface area contributed by atoms with E-state index in [0.29, 0.717) is 17.6 Å². The molecule has 0 saturated carbocycles. The van der Waals surface area contributed by atoms with Gasteiger partial charge < -0.3 is 16.8 Å². The number of nitrogens with one attached hydrogen (secondary N) is 1. The van der Waals surface area contributed by atoms with Crippen LogP contribution in [0.1, 0.15) is 26.7 Å². The minimum Gasteiger partial charge on any atom is -0.364 e. The molecule has 10 heteroatoms. The average molecular weight is 388 g/mol. The summed E-state index contributed by atoms with van der Waals surface area (Å²) in [6.07, 6.45) is 1.49. The highest BCUT2D eigenvalue weighted by Crippen LogP contribution is 2.23. The van der Waals surface area contributed by atoms with Gasteiger partial charge in [-0.3, -0.25) is 9.59 Å². The summed E-state index contributed by atoms with van der Waals surface area (Å²) in [6, 6.07) is 14.6. The van der Waals surface area contributed by atoms with Gasteiger partial charge in [0.1, 0.15) is 5.69 Å². The van der Waals surface area contributed by atoms with Crippen LogP contribution < -0.4 is 16.8 Å². The number of nitrogens with two attached hydrogens (primary N) is 2. The van der Waals surface area contributed by atoms with Crippen LogP contribution in [0.15, 0.2) is 54.7 Å². The monoisotopic (exact) mass is 388 g/mol. The quantitative estimate of drug-likeness (QED) is 0.445. The Kier molecular flexibility index (Phi) is 4.57. The van der Waals surface area contributed by atoms with E-state index in [9.17, 15) is 9.59 Å². The van der Waals surface area contributed by atoms with Gasteiger partial charge in [-0.25, -0.2) is 9.50 Å². The Hall–Kier alpha value is -4.34. The van der Waals surface area contributed by atoms with Crippen molar-refractivity contribution in [2.45, 2.75) is 6.54 Å². The summed E-state index contributed by atoms with van der Waals surface area (Å²) in [6.45, 7) is 0.447. The number of hydrogen-bond acceptors (Lipinski definition) is 7. The molecule has 1 aromatic carbocycles. The normalized spacial score (nSPS) is 10.8. The third kappa shape index (κ3) is 3.58. The molecular formula is C19H16N8O2. The lowest BCUT2D eigenvalue weighted by Crippen LogP contribution is -2.18. The number of aromatic nitrogens is 5. The molecule has 144 valence electrons. The van der Waals surface area contributed by atoms with Crippen molar-refractivity contribution >= 4 is 23.3 Å². The summed E-state index contributed by atoms with van der Waals surface area (Å²) in [5.74, 6) is -1.20. The lowest BCUT2D eigenvalue weighted by atomic mass is 10.2. The Morgan fingerprint density at radius 3 is 2.45 bits per heavy atom. The molecule has 5 N–H and O–H groups in total. The molecule has 10 nitrogen and oxygen atoms in total. The van der Waals surface area contributed by atoms with Crippen LogP contribution in [0.5, 0.6) is 0 Å². The average Bonchev–Trinajstić information content (AvgIpc) is 3.17. The standard InChI is InChI=1S/C19H16N8O2/c20-15(28)14-8-4-7-13-12(10-23-27(13)14)17-24-18(16(21)29)26-19(25-17)22-9-11-5-2-1-3-6-11/h1-8,10H,9H2,(H2,20,28)(H2,21,29)(H,22,24,25,26). The molecule has 0 atom stereocenters. The summed E-state index contributed by atoms with van der Waals surface area (Å²) in [5, 5.41) is 7.26. The van der Waals surface area contributed by atoms with Crippen molar-refractivity contribution in [2.75, 3.05) is 5.32 Å². The first-order chi connectivity index (χ1) is 14.0. The van der Waals surface area contributed by atoms with Crippen molar-refractivity contribution in [1.82, 2.24) is 24.6 Å². The van der Waals surface area contributed by atoms with Gasteiger partial charge in [-0.15, -0.1) is 0 Å². The molecule has 0 spiro atoms. The molecule has 0 saturated heterocycles. The van der Waals surface area contributed by atoms with Gasteiger partial charge in [0.2, 0.25) is 11.8 Å². The van der Waals surface area contributed by atoms with E-state index < -0.39 is 11.8 Å². The van der Waals surface area contributed by atoms with Crippen molar-refractivity contribution in [3.05, 3.63) is 71.8 Å². The van der Waals surface area contributed by atoms with E-state index >= 15 is 0 Å².